The molecule has 0 aliphatic carbocycles. The molecule has 0 radical (unpaired) electrons. The third-order valence-corrected chi connectivity index (χ3v) is 2.38. The molecule has 0 aliphatic heterocycles. The van der Waals surface area contributed by atoms with Crippen molar-refractivity contribution in [1.29, 1.82) is 0 Å². The zero-order chi connectivity index (χ0) is 9.97. The van der Waals surface area contributed by atoms with Gasteiger partial charge in [-0.2, -0.15) is 0 Å². The van der Waals surface area contributed by atoms with Crippen molar-refractivity contribution >= 4 is 15.9 Å². The lowest BCUT2D eigenvalue weighted by Crippen LogP contribution is -1.79. The van der Waals surface area contributed by atoms with Crippen LogP contribution in [0.1, 0.15) is 0 Å². The van der Waals surface area contributed by atoms with Crippen LogP contribution in [0.25, 0.3) is 11.1 Å². The Bertz CT molecular complexity index is 439. The number of nitrogens with zero attached hydrogens (tertiary/aromatic N) is 1. The van der Waals surface area contributed by atoms with Crippen molar-refractivity contribution in [1.82, 2.24) is 4.98 Å². The first-order valence-electron chi connectivity index (χ1n) is 4.17. The Hall–Kier alpha value is -1.35. The summed E-state index contributed by atoms with van der Waals surface area (Å²) in [5.41, 5.74) is 1.95. The van der Waals surface area contributed by atoms with Gasteiger partial charge < -0.3 is 5.11 Å². The van der Waals surface area contributed by atoms with Crippen molar-refractivity contribution < 1.29 is 5.11 Å². The van der Waals surface area contributed by atoms with E-state index in [2.05, 4.69) is 20.9 Å². The van der Waals surface area contributed by atoms with Gasteiger partial charge in [0.25, 0.3) is 0 Å². The van der Waals surface area contributed by atoms with Crippen LogP contribution in [0.15, 0.2) is 47.2 Å². The van der Waals surface area contributed by atoms with E-state index in [4.69, 9.17) is 0 Å². The topological polar surface area (TPSA) is 33.1 Å². The molecule has 0 saturated heterocycles. The number of phenolic OH excluding ortho intramolecular Hbond substituents is 1. The predicted octanol–water partition coefficient (Wildman–Crippen LogP) is 3.22. The van der Waals surface area contributed by atoms with E-state index in [-0.39, 0.29) is 5.75 Å². The quantitative estimate of drug-likeness (QED) is 0.788. The molecule has 1 N–H and O–H groups in total. The Morgan fingerprint density at radius 2 is 1.93 bits per heavy atom. The van der Waals surface area contributed by atoms with Gasteiger partial charge in [-0.3, -0.25) is 0 Å². The average molecular weight is 250 g/mol. The normalized spacial score (nSPS) is 10.1. The molecule has 1 aromatic heterocycles. The molecule has 0 atom stereocenters. The summed E-state index contributed by atoms with van der Waals surface area (Å²) in [6.07, 6.45) is 1.76. The molecule has 0 saturated carbocycles. The van der Waals surface area contributed by atoms with Gasteiger partial charge in [0, 0.05) is 11.8 Å². The molecule has 2 aromatic rings. The monoisotopic (exact) mass is 249 g/mol. The molecule has 0 fully saturated rings. The lowest BCUT2D eigenvalue weighted by Gasteiger charge is -2.01. The number of benzene rings is 1. The van der Waals surface area contributed by atoms with Gasteiger partial charge in [-0.15, -0.1) is 0 Å². The van der Waals surface area contributed by atoms with Crippen LogP contribution in [0.2, 0.25) is 0 Å². The van der Waals surface area contributed by atoms with Crippen LogP contribution in [-0.2, 0) is 0 Å². The van der Waals surface area contributed by atoms with Crippen molar-refractivity contribution in [3.8, 4) is 16.9 Å². The van der Waals surface area contributed by atoms with Crippen molar-refractivity contribution in [2.45, 2.75) is 0 Å². The molecule has 2 nitrogen and oxygen atoms in total. The van der Waals surface area contributed by atoms with E-state index in [9.17, 15) is 5.11 Å². The molecule has 0 amide bonds. The summed E-state index contributed by atoms with van der Waals surface area (Å²) in [4.78, 5) is 4.12. The highest BCUT2D eigenvalue weighted by Gasteiger charge is 1.98. The van der Waals surface area contributed by atoms with Crippen LogP contribution in [-0.4, -0.2) is 10.1 Å². The van der Waals surface area contributed by atoms with Gasteiger partial charge in [-0.25, -0.2) is 4.98 Å². The summed E-state index contributed by atoms with van der Waals surface area (Å²) >= 11 is 3.27. The van der Waals surface area contributed by atoms with Crippen molar-refractivity contribution in [3.63, 3.8) is 0 Å². The van der Waals surface area contributed by atoms with Crippen LogP contribution in [0.5, 0.6) is 5.75 Å². The molecular weight excluding hydrogens is 242 g/mol. The van der Waals surface area contributed by atoms with Crippen molar-refractivity contribution in [2.75, 3.05) is 0 Å². The Balaban J connectivity index is 2.44. The van der Waals surface area contributed by atoms with Crippen molar-refractivity contribution in [3.05, 3.63) is 47.2 Å². The Morgan fingerprint density at radius 1 is 1.07 bits per heavy atom. The van der Waals surface area contributed by atoms with E-state index in [1.54, 1.807) is 18.3 Å². The van der Waals surface area contributed by atoms with E-state index in [0.717, 1.165) is 15.7 Å². The SMILES string of the molecule is Oc1cccc(-c2ccc(Br)nc2)c1. The second-order valence-electron chi connectivity index (χ2n) is 2.92. The summed E-state index contributed by atoms with van der Waals surface area (Å²) in [5.74, 6) is 0.269. The zero-order valence-electron chi connectivity index (χ0n) is 7.31. The number of halogens is 1. The summed E-state index contributed by atoms with van der Waals surface area (Å²) in [7, 11) is 0. The molecule has 0 bridgehead atoms. The summed E-state index contributed by atoms with van der Waals surface area (Å²) in [5, 5.41) is 9.30. The third kappa shape index (κ3) is 1.93. The maximum atomic E-state index is 9.30. The molecule has 14 heavy (non-hydrogen) atoms. The molecule has 0 spiro atoms. The number of rotatable bonds is 1. The molecule has 1 heterocycles. The average Bonchev–Trinajstić information content (AvgIpc) is 2.19. The maximum absolute atomic E-state index is 9.30. The minimum atomic E-state index is 0.269. The third-order valence-electron chi connectivity index (χ3n) is 1.91. The molecular formula is C11H8BrNO. The lowest BCUT2D eigenvalue weighted by molar-refractivity contribution is 0.475. The first kappa shape index (κ1) is 9.21. The maximum Gasteiger partial charge on any atom is 0.116 e. The number of hydrogen-bond donors (Lipinski definition) is 1. The summed E-state index contributed by atoms with van der Waals surface area (Å²) < 4.78 is 0.807. The minimum absolute atomic E-state index is 0.269. The number of aromatic nitrogens is 1. The van der Waals surface area contributed by atoms with Crippen LogP contribution >= 0.6 is 15.9 Å². The van der Waals surface area contributed by atoms with Gasteiger partial charge >= 0.3 is 0 Å². The molecule has 2 rings (SSSR count). The standard InChI is InChI=1S/C11H8BrNO/c12-11-5-4-9(7-13-11)8-2-1-3-10(14)6-8/h1-7,14H. The largest absolute Gasteiger partial charge is 0.508 e. The highest BCUT2D eigenvalue weighted by Crippen LogP contribution is 2.23. The Labute approximate surface area is 90.4 Å². The van der Waals surface area contributed by atoms with E-state index in [1.807, 2.05) is 24.3 Å². The number of pyridine rings is 1. The Morgan fingerprint density at radius 3 is 2.57 bits per heavy atom. The first-order chi connectivity index (χ1) is 6.75. The molecule has 70 valence electrons. The molecule has 3 heteroatoms. The Kier molecular flexibility index (Phi) is 2.50. The second-order valence-corrected chi connectivity index (χ2v) is 3.73. The van der Waals surface area contributed by atoms with E-state index < -0.39 is 0 Å². The lowest BCUT2D eigenvalue weighted by atomic mass is 10.1. The molecule has 1 aromatic carbocycles. The van der Waals surface area contributed by atoms with Gasteiger partial charge in [0.1, 0.15) is 10.4 Å². The molecule has 0 unspecified atom stereocenters. The first-order valence-corrected chi connectivity index (χ1v) is 4.96. The fourth-order valence-electron chi connectivity index (χ4n) is 1.23. The van der Waals surface area contributed by atoms with E-state index in [0.29, 0.717) is 0 Å². The van der Waals surface area contributed by atoms with Gasteiger partial charge in [-0.05, 0) is 39.7 Å². The fourth-order valence-corrected chi connectivity index (χ4v) is 1.47. The highest BCUT2D eigenvalue weighted by molar-refractivity contribution is 9.10. The second kappa shape index (κ2) is 3.80. The van der Waals surface area contributed by atoms with Crippen LogP contribution in [0.3, 0.4) is 0 Å². The van der Waals surface area contributed by atoms with Crippen molar-refractivity contribution in [2.24, 2.45) is 0 Å². The van der Waals surface area contributed by atoms with Gasteiger partial charge in [0.05, 0.1) is 0 Å². The predicted molar refractivity (Wildman–Crippen MR) is 59.0 cm³/mol. The van der Waals surface area contributed by atoms with Crippen LogP contribution in [0.4, 0.5) is 0 Å². The van der Waals surface area contributed by atoms with Crippen LogP contribution < -0.4 is 0 Å². The number of aromatic hydroxyl groups is 1. The van der Waals surface area contributed by atoms with Crippen LogP contribution in [0, 0.1) is 0 Å². The van der Waals surface area contributed by atoms with E-state index in [1.165, 1.54) is 0 Å². The molecule has 0 aliphatic rings. The summed E-state index contributed by atoms with van der Waals surface area (Å²) in [6, 6.07) is 10.9. The number of hydrogen-bond acceptors (Lipinski definition) is 2. The van der Waals surface area contributed by atoms with Gasteiger partial charge in [0.2, 0.25) is 0 Å². The fraction of sp³-hybridized carbons (Fsp3) is 0. The van der Waals surface area contributed by atoms with Gasteiger partial charge in [0.15, 0.2) is 0 Å². The minimum Gasteiger partial charge on any atom is -0.508 e. The van der Waals surface area contributed by atoms with E-state index >= 15 is 0 Å². The highest BCUT2D eigenvalue weighted by atomic mass is 79.9. The summed E-state index contributed by atoms with van der Waals surface area (Å²) in [6.45, 7) is 0. The zero-order valence-corrected chi connectivity index (χ0v) is 8.90. The number of phenols is 1. The smallest absolute Gasteiger partial charge is 0.116 e. The van der Waals surface area contributed by atoms with Gasteiger partial charge in [-0.1, -0.05) is 18.2 Å².